The summed E-state index contributed by atoms with van der Waals surface area (Å²) in [7, 11) is 1.51. The first-order valence-corrected chi connectivity index (χ1v) is 9.28. The number of anilines is 2. The molecule has 0 bridgehead atoms. The number of carbonyl (C=O) groups is 2. The highest BCUT2D eigenvalue weighted by molar-refractivity contribution is 6.30. The van der Waals surface area contributed by atoms with Crippen molar-refractivity contribution in [1.29, 1.82) is 0 Å². The van der Waals surface area contributed by atoms with Crippen LogP contribution >= 0.6 is 11.6 Å². The van der Waals surface area contributed by atoms with Crippen molar-refractivity contribution in [2.24, 2.45) is 0 Å². The van der Waals surface area contributed by atoms with Crippen molar-refractivity contribution in [3.05, 3.63) is 59.6 Å². The number of nitrogens with zero attached hydrogens (tertiary/aromatic N) is 1. The summed E-state index contributed by atoms with van der Waals surface area (Å²) in [6.45, 7) is 1.41. The molecule has 0 fully saturated rings. The molecule has 2 aromatic carbocycles. The molecule has 0 atom stereocenters. The summed E-state index contributed by atoms with van der Waals surface area (Å²) < 4.78 is 11.0. The minimum Gasteiger partial charge on any atom is -0.495 e. The number of benzene rings is 2. The summed E-state index contributed by atoms with van der Waals surface area (Å²) in [4.78, 5) is 27.8. The molecule has 0 saturated heterocycles. The van der Waals surface area contributed by atoms with Gasteiger partial charge in [-0.3, -0.25) is 9.59 Å². The first-order valence-electron chi connectivity index (χ1n) is 8.90. The second-order valence-corrected chi connectivity index (χ2v) is 6.71. The maximum atomic E-state index is 12.4. The number of aryl methyl sites for hydroxylation is 1. The van der Waals surface area contributed by atoms with E-state index >= 15 is 0 Å². The first-order chi connectivity index (χ1) is 13.9. The summed E-state index contributed by atoms with van der Waals surface area (Å²) in [5.74, 6) is 1.14. The van der Waals surface area contributed by atoms with Gasteiger partial charge in [0.25, 0.3) is 0 Å². The molecule has 0 radical (unpaired) electrons. The van der Waals surface area contributed by atoms with Crippen molar-refractivity contribution in [2.75, 3.05) is 17.7 Å². The number of hydrogen-bond donors (Lipinski definition) is 2. The van der Waals surface area contributed by atoms with E-state index in [1.54, 1.807) is 36.5 Å². The molecular formula is C21H20ClN3O4. The summed E-state index contributed by atoms with van der Waals surface area (Å²) in [5.41, 5.74) is 1.89. The van der Waals surface area contributed by atoms with Gasteiger partial charge in [0.15, 0.2) is 11.7 Å². The lowest BCUT2D eigenvalue weighted by atomic mass is 10.2. The van der Waals surface area contributed by atoms with Crippen molar-refractivity contribution in [3.63, 3.8) is 0 Å². The van der Waals surface area contributed by atoms with Crippen molar-refractivity contribution in [2.45, 2.75) is 19.8 Å². The molecule has 3 rings (SSSR count). The van der Waals surface area contributed by atoms with Crippen LogP contribution in [0.2, 0.25) is 5.02 Å². The molecule has 0 aliphatic heterocycles. The Hall–Kier alpha value is -3.32. The summed E-state index contributed by atoms with van der Waals surface area (Å²) in [6.07, 6.45) is 2.14. The molecule has 1 heterocycles. The van der Waals surface area contributed by atoms with Crippen LogP contribution in [0.5, 0.6) is 5.75 Å². The Balaban J connectivity index is 1.61. The SMILES string of the molecule is COc1ccc(NC(C)=O)cc1NC(=O)CCc1ncc(-c2ccc(Cl)cc2)o1. The van der Waals surface area contributed by atoms with E-state index in [9.17, 15) is 9.59 Å². The molecule has 29 heavy (non-hydrogen) atoms. The van der Waals surface area contributed by atoms with Crippen LogP contribution in [0.15, 0.2) is 53.1 Å². The number of aromatic nitrogens is 1. The largest absolute Gasteiger partial charge is 0.495 e. The van der Waals surface area contributed by atoms with Gasteiger partial charge in [-0.1, -0.05) is 11.6 Å². The highest BCUT2D eigenvalue weighted by Crippen LogP contribution is 2.28. The van der Waals surface area contributed by atoms with Gasteiger partial charge >= 0.3 is 0 Å². The zero-order valence-corrected chi connectivity index (χ0v) is 16.7. The first kappa shape index (κ1) is 20.4. The molecular weight excluding hydrogens is 394 g/mol. The fourth-order valence-electron chi connectivity index (χ4n) is 2.69. The average Bonchev–Trinajstić information content (AvgIpc) is 3.16. The zero-order chi connectivity index (χ0) is 20.8. The summed E-state index contributed by atoms with van der Waals surface area (Å²) in [5, 5.41) is 6.10. The van der Waals surface area contributed by atoms with E-state index in [0.29, 0.717) is 40.2 Å². The lowest BCUT2D eigenvalue weighted by Crippen LogP contribution is -2.14. The minimum absolute atomic E-state index is 0.175. The van der Waals surface area contributed by atoms with E-state index in [1.165, 1.54) is 14.0 Å². The van der Waals surface area contributed by atoms with Gasteiger partial charge in [-0.25, -0.2) is 4.98 Å². The lowest BCUT2D eigenvalue weighted by molar-refractivity contribution is -0.116. The minimum atomic E-state index is -0.227. The van der Waals surface area contributed by atoms with Crippen LogP contribution in [0.25, 0.3) is 11.3 Å². The van der Waals surface area contributed by atoms with Crippen LogP contribution in [-0.4, -0.2) is 23.9 Å². The quantitative estimate of drug-likeness (QED) is 0.593. The number of carbonyl (C=O) groups excluding carboxylic acids is 2. The van der Waals surface area contributed by atoms with Gasteiger partial charge in [0, 0.05) is 36.0 Å². The van der Waals surface area contributed by atoms with Crippen molar-refractivity contribution in [3.8, 4) is 17.1 Å². The summed E-state index contributed by atoms with van der Waals surface area (Å²) >= 11 is 5.89. The van der Waals surface area contributed by atoms with Gasteiger partial charge in [-0.2, -0.15) is 0 Å². The van der Waals surface area contributed by atoms with Crippen LogP contribution < -0.4 is 15.4 Å². The standard InChI is InChI=1S/C21H20ClN3O4/c1-13(26)24-16-7-8-18(28-2)17(11-16)25-20(27)9-10-21-23-12-19(29-21)14-3-5-15(22)6-4-14/h3-8,11-12H,9-10H2,1-2H3,(H,24,26)(H,25,27). The van der Waals surface area contributed by atoms with E-state index in [4.69, 9.17) is 20.8 Å². The highest BCUT2D eigenvalue weighted by atomic mass is 35.5. The van der Waals surface area contributed by atoms with Crippen molar-refractivity contribution < 1.29 is 18.7 Å². The Kier molecular flexibility index (Phi) is 6.51. The molecule has 0 aliphatic rings. The highest BCUT2D eigenvalue weighted by Gasteiger charge is 2.12. The van der Waals surface area contributed by atoms with E-state index in [1.807, 2.05) is 12.1 Å². The molecule has 0 aliphatic carbocycles. The Morgan fingerprint density at radius 1 is 1.14 bits per heavy atom. The number of methoxy groups -OCH3 is 1. The van der Waals surface area contributed by atoms with Gasteiger partial charge in [0.2, 0.25) is 11.8 Å². The van der Waals surface area contributed by atoms with Gasteiger partial charge in [0.05, 0.1) is 19.0 Å². The molecule has 1 aromatic heterocycles. The number of rotatable bonds is 7. The number of halogens is 1. The predicted octanol–water partition coefficient (Wildman–Crippen LogP) is 4.53. The predicted molar refractivity (Wildman–Crippen MR) is 111 cm³/mol. The number of nitrogens with one attached hydrogen (secondary N) is 2. The molecule has 2 amide bonds. The maximum absolute atomic E-state index is 12.4. The molecule has 2 N–H and O–H groups in total. The molecule has 0 spiro atoms. The Morgan fingerprint density at radius 2 is 1.90 bits per heavy atom. The third kappa shape index (κ3) is 5.58. The molecule has 8 heteroatoms. The van der Waals surface area contributed by atoms with Crippen molar-refractivity contribution in [1.82, 2.24) is 4.98 Å². The maximum Gasteiger partial charge on any atom is 0.224 e. The van der Waals surface area contributed by atoms with E-state index < -0.39 is 0 Å². The topological polar surface area (TPSA) is 93.5 Å². The number of oxazole rings is 1. The van der Waals surface area contributed by atoms with Gasteiger partial charge in [0.1, 0.15) is 5.75 Å². The van der Waals surface area contributed by atoms with Crippen LogP contribution in [0, 0.1) is 0 Å². The van der Waals surface area contributed by atoms with E-state index in [-0.39, 0.29) is 18.2 Å². The average molecular weight is 414 g/mol. The molecule has 3 aromatic rings. The van der Waals surface area contributed by atoms with Crippen LogP contribution in [0.3, 0.4) is 0 Å². The number of amides is 2. The number of ether oxygens (including phenoxy) is 1. The second-order valence-electron chi connectivity index (χ2n) is 6.27. The molecule has 0 saturated carbocycles. The summed E-state index contributed by atoms with van der Waals surface area (Å²) in [6, 6.07) is 12.2. The lowest BCUT2D eigenvalue weighted by Gasteiger charge is -2.12. The fourth-order valence-corrected chi connectivity index (χ4v) is 2.82. The van der Waals surface area contributed by atoms with Crippen LogP contribution in [0.1, 0.15) is 19.2 Å². The normalized spacial score (nSPS) is 10.4. The Labute approximate surface area is 173 Å². The van der Waals surface area contributed by atoms with Gasteiger partial charge in [-0.05, 0) is 42.5 Å². The van der Waals surface area contributed by atoms with Crippen LogP contribution in [0.4, 0.5) is 11.4 Å². The third-order valence-electron chi connectivity index (χ3n) is 4.04. The second kappa shape index (κ2) is 9.25. The van der Waals surface area contributed by atoms with Crippen LogP contribution in [-0.2, 0) is 16.0 Å². The zero-order valence-electron chi connectivity index (χ0n) is 16.0. The Morgan fingerprint density at radius 3 is 2.59 bits per heavy atom. The molecule has 0 unspecified atom stereocenters. The third-order valence-corrected chi connectivity index (χ3v) is 4.29. The monoisotopic (exact) mass is 413 g/mol. The van der Waals surface area contributed by atoms with Crippen molar-refractivity contribution >= 4 is 34.8 Å². The smallest absolute Gasteiger partial charge is 0.224 e. The van der Waals surface area contributed by atoms with Gasteiger partial charge in [-0.15, -0.1) is 0 Å². The molecule has 7 nitrogen and oxygen atoms in total. The molecule has 150 valence electrons. The van der Waals surface area contributed by atoms with E-state index in [2.05, 4.69) is 15.6 Å². The van der Waals surface area contributed by atoms with Gasteiger partial charge < -0.3 is 19.8 Å². The van der Waals surface area contributed by atoms with E-state index in [0.717, 1.165) is 5.56 Å². The number of hydrogen-bond acceptors (Lipinski definition) is 5. The Bertz CT molecular complexity index is 1020. The fraction of sp³-hybridized carbons (Fsp3) is 0.190.